The number of hydrogen-bond donors (Lipinski definition) is 0. The molecule has 0 aromatic rings. The van der Waals surface area contributed by atoms with Gasteiger partial charge < -0.3 is 4.74 Å². The first-order valence-electron chi connectivity index (χ1n) is 6.26. The van der Waals surface area contributed by atoms with Gasteiger partial charge in [0.1, 0.15) is 0 Å². The topological polar surface area (TPSA) is 9.23 Å². The molecule has 0 aliphatic rings. The van der Waals surface area contributed by atoms with Crippen LogP contribution in [-0.2, 0) is 4.74 Å². The van der Waals surface area contributed by atoms with Crippen molar-refractivity contribution in [2.45, 2.75) is 73.3 Å². The number of rotatable bonds is 6. The van der Waals surface area contributed by atoms with Crippen molar-refractivity contribution in [3.63, 3.8) is 0 Å². The van der Waals surface area contributed by atoms with E-state index < -0.39 is 0 Å². The summed E-state index contributed by atoms with van der Waals surface area (Å²) in [5, 5.41) is 0. The molecule has 0 aromatic carbocycles. The second kappa shape index (κ2) is 5.89. The van der Waals surface area contributed by atoms with Gasteiger partial charge >= 0.3 is 0 Å². The van der Waals surface area contributed by atoms with Gasteiger partial charge in [0.2, 0.25) is 0 Å². The molecular formula is C14H30O. The summed E-state index contributed by atoms with van der Waals surface area (Å²) in [7, 11) is 0. The Morgan fingerprint density at radius 3 is 1.93 bits per heavy atom. The summed E-state index contributed by atoms with van der Waals surface area (Å²) >= 11 is 0. The van der Waals surface area contributed by atoms with Crippen molar-refractivity contribution < 1.29 is 4.74 Å². The summed E-state index contributed by atoms with van der Waals surface area (Å²) in [6.07, 6.45) is 3.57. The van der Waals surface area contributed by atoms with E-state index in [2.05, 4.69) is 48.5 Å². The van der Waals surface area contributed by atoms with Crippen molar-refractivity contribution >= 4 is 0 Å². The van der Waals surface area contributed by atoms with Crippen LogP contribution in [0.2, 0.25) is 0 Å². The summed E-state index contributed by atoms with van der Waals surface area (Å²) in [4.78, 5) is 0. The Balaban J connectivity index is 3.74. The molecule has 1 nitrogen and oxygen atoms in total. The molecule has 0 bridgehead atoms. The Morgan fingerprint density at radius 2 is 1.53 bits per heavy atom. The molecule has 0 N–H and O–H groups in total. The summed E-state index contributed by atoms with van der Waals surface area (Å²) in [5.41, 5.74) is 0.372. The third-order valence-electron chi connectivity index (χ3n) is 2.37. The minimum atomic E-state index is 0.0230. The van der Waals surface area contributed by atoms with Crippen LogP contribution in [0.25, 0.3) is 0 Å². The Morgan fingerprint density at radius 1 is 1.00 bits per heavy atom. The van der Waals surface area contributed by atoms with Crippen LogP contribution in [0.1, 0.15) is 67.7 Å². The molecule has 0 amide bonds. The van der Waals surface area contributed by atoms with Gasteiger partial charge in [-0.25, -0.2) is 0 Å². The van der Waals surface area contributed by atoms with Crippen LogP contribution in [0.5, 0.6) is 0 Å². The highest BCUT2D eigenvalue weighted by Gasteiger charge is 2.25. The predicted octanol–water partition coefficient (Wildman–Crippen LogP) is 4.65. The van der Waals surface area contributed by atoms with E-state index in [-0.39, 0.29) is 5.60 Å². The highest BCUT2D eigenvalue weighted by atomic mass is 16.5. The summed E-state index contributed by atoms with van der Waals surface area (Å²) in [5.74, 6) is 0.791. The Labute approximate surface area is 96.6 Å². The second-order valence-corrected chi connectivity index (χ2v) is 6.88. The molecule has 0 saturated carbocycles. The SMILES string of the molecule is CC(C)CCCOC(C)(C)CC(C)(C)C. The molecule has 0 aliphatic heterocycles. The fourth-order valence-corrected chi connectivity index (χ4v) is 2.17. The maximum absolute atomic E-state index is 5.96. The minimum Gasteiger partial charge on any atom is -0.376 e. The fraction of sp³-hybridized carbons (Fsp3) is 1.00. The molecule has 0 spiro atoms. The molecule has 0 heterocycles. The molecule has 15 heavy (non-hydrogen) atoms. The lowest BCUT2D eigenvalue weighted by atomic mass is 9.83. The molecule has 0 rings (SSSR count). The molecule has 0 aliphatic carbocycles. The van der Waals surface area contributed by atoms with E-state index in [9.17, 15) is 0 Å². The average Bonchev–Trinajstić information content (AvgIpc) is 1.93. The first-order valence-corrected chi connectivity index (χ1v) is 6.26. The second-order valence-electron chi connectivity index (χ2n) is 6.88. The van der Waals surface area contributed by atoms with Gasteiger partial charge in [0.25, 0.3) is 0 Å². The molecule has 0 saturated heterocycles. The van der Waals surface area contributed by atoms with Crippen LogP contribution in [0.4, 0.5) is 0 Å². The molecule has 1 heteroatoms. The molecule has 0 fully saturated rings. The molecular weight excluding hydrogens is 184 g/mol. The van der Waals surface area contributed by atoms with Gasteiger partial charge in [-0.2, -0.15) is 0 Å². The molecule has 92 valence electrons. The normalized spacial score (nSPS) is 13.6. The van der Waals surface area contributed by atoms with Crippen molar-refractivity contribution in [2.75, 3.05) is 6.61 Å². The van der Waals surface area contributed by atoms with Gasteiger partial charge in [0, 0.05) is 6.61 Å². The Kier molecular flexibility index (Phi) is 5.87. The smallest absolute Gasteiger partial charge is 0.0631 e. The van der Waals surface area contributed by atoms with Crippen molar-refractivity contribution in [1.82, 2.24) is 0 Å². The third-order valence-corrected chi connectivity index (χ3v) is 2.37. The van der Waals surface area contributed by atoms with Crippen LogP contribution < -0.4 is 0 Å². The van der Waals surface area contributed by atoms with E-state index in [1.807, 2.05) is 0 Å². The van der Waals surface area contributed by atoms with Crippen molar-refractivity contribution in [3.8, 4) is 0 Å². The van der Waals surface area contributed by atoms with Crippen LogP contribution in [0.3, 0.4) is 0 Å². The summed E-state index contributed by atoms with van der Waals surface area (Å²) < 4.78 is 5.96. The van der Waals surface area contributed by atoms with E-state index in [0.717, 1.165) is 18.9 Å². The lowest BCUT2D eigenvalue weighted by Gasteiger charge is -2.32. The largest absolute Gasteiger partial charge is 0.376 e. The molecule has 0 aromatic heterocycles. The first kappa shape index (κ1) is 15.0. The molecule has 0 atom stereocenters. The summed E-state index contributed by atoms with van der Waals surface area (Å²) in [6, 6.07) is 0. The van der Waals surface area contributed by atoms with E-state index in [4.69, 9.17) is 4.74 Å². The van der Waals surface area contributed by atoms with Gasteiger partial charge in [-0.3, -0.25) is 0 Å². The van der Waals surface area contributed by atoms with Crippen LogP contribution in [0, 0.1) is 11.3 Å². The quantitative estimate of drug-likeness (QED) is 0.585. The maximum atomic E-state index is 5.96. The van der Waals surface area contributed by atoms with Gasteiger partial charge in [-0.05, 0) is 44.4 Å². The average molecular weight is 214 g/mol. The van der Waals surface area contributed by atoms with Crippen molar-refractivity contribution in [2.24, 2.45) is 11.3 Å². The molecule has 0 unspecified atom stereocenters. The van der Waals surface area contributed by atoms with E-state index in [1.54, 1.807) is 0 Å². The maximum Gasteiger partial charge on any atom is 0.0631 e. The van der Waals surface area contributed by atoms with Gasteiger partial charge in [-0.1, -0.05) is 34.6 Å². The van der Waals surface area contributed by atoms with Gasteiger partial charge in [-0.15, -0.1) is 0 Å². The lowest BCUT2D eigenvalue weighted by molar-refractivity contribution is -0.0451. The van der Waals surface area contributed by atoms with E-state index >= 15 is 0 Å². The zero-order valence-electron chi connectivity index (χ0n) is 11.8. The molecule has 0 radical (unpaired) electrons. The minimum absolute atomic E-state index is 0.0230. The van der Waals surface area contributed by atoms with Crippen molar-refractivity contribution in [3.05, 3.63) is 0 Å². The number of hydrogen-bond acceptors (Lipinski definition) is 1. The lowest BCUT2D eigenvalue weighted by Crippen LogP contribution is -2.30. The van der Waals surface area contributed by atoms with Crippen LogP contribution in [0.15, 0.2) is 0 Å². The fourth-order valence-electron chi connectivity index (χ4n) is 2.17. The monoisotopic (exact) mass is 214 g/mol. The highest BCUT2D eigenvalue weighted by molar-refractivity contribution is 4.76. The zero-order chi connectivity index (χ0) is 12.1. The van der Waals surface area contributed by atoms with Gasteiger partial charge in [0.05, 0.1) is 5.60 Å². The predicted molar refractivity (Wildman–Crippen MR) is 68.2 cm³/mol. The van der Waals surface area contributed by atoms with Crippen LogP contribution >= 0.6 is 0 Å². The Hall–Kier alpha value is -0.0400. The van der Waals surface area contributed by atoms with Crippen LogP contribution in [-0.4, -0.2) is 12.2 Å². The number of ether oxygens (including phenoxy) is 1. The Bertz CT molecular complexity index is 163. The van der Waals surface area contributed by atoms with E-state index in [1.165, 1.54) is 12.8 Å². The standard InChI is InChI=1S/C14H30O/c1-12(2)9-8-10-15-14(6,7)11-13(3,4)5/h12H,8-11H2,1-7H3. The first-order chi connectivity index (χ1) is 6.62. The van der Waals surface area contributed by atoms with Crippen molar-refractivity contribution in [1.29, 1.82) is 0 Å². The van der Waals surface area contributed by atoms with E-state index in [0.29, 0.717) is 5.41 Å². The zero-order valence-corrected chi connectivity index (χ0v) is 11.8. The third kappa shape index (κ3) is 10.2. The summed E-state index contributed by atoms with van der Waals surface area (Å²) in [6.45, 7) is 16.6. The highest BCUT2D eigenvalue weighted by Crippen LogP contribution is 2.29. The van der Waals surface area contributed by atoms with Gasteiger partial charge in [0.15, 0.2) is 0 Å².